The number of hydrogen-bond acceptors (Lipinski definition) is 4. The third-order valence-electron chi connectivity index (χ3n) is 3.00. The van der Waals surface area contributed by atoms with Gasteiger partial charge in [-0.1, -0.05) is 37.2 Å². The maximum absolute atomic E-state index is 5.28. The molecule has 0 aliphatic carbocycles. The van der Waals surface area contributed by atoms with Crippen LogP contribution in [0, 0.1) is 6.92 Å². The van der Waals surface area contributed by atoms with Crippen molar-refractivity contribution in [1.82, 2.24) is 5.16 Å². The van der Waals surface area contributed by atoms with Crippen LogP contribution in [0.25, 0.3) is 0 Å². The summed E-state index contributed by atoms with van der Waals surface area (Å²) in [6, 6.07) is 9.67. The fourth-order valence-corrected chi connectivity index (χ4v) is 2.03. The average Bonchev–Trinajstić information content (AvgIpc) is 2.79. The van der Waals surface area contributed by atoms with Crippen molar-refractivity contribution in [2.75, 3.05) is 0 Å². The second-order valence-corrected chi connectivity index (χ2v) is 4.92. The standard InChI is InChI=1S/C15H19N3O/c1-10(2)15-14(12(4)19-18-15)11(3)16-17-13-8-6-5-7-9-13/h5-11H,1-4H3. The van der Waals surface area contributed by atoms with Gasteiger partial charge in [-0.3, -0.25) is 0 Å². The van der Waals surface area contributed by atoms with Crippen LogP contribution in [0.5, 0.6) is 0 Å². The van der Waals surface area contributed by atoms with E-state index in [0.717, 1.165) is 22.7 Å². The van der Waals surface area contributed by atoms with Crippen molar-refractivity contribution in [2.45, 2.75) is 39.7 Å². The van der Waals surface area contributed by atoms with E-state index in [0.29, 0.717) is 5.92 Å². The van der Waals surface area contributed by atoms with Crippen LogP contribution in [0.15, 0.2) is 45.1 Å². The van der Waals surface area contributed by atoms with Crippen LogP contribution < -0.4 is 0 Å². The van der Waals surface area contributed by atoms with Gasteiger partial charge in [-0.05, 0) is 31.9 Å². The second-order valence-electron chi connectivity index (χ2n) is 4.92. The van der Waals surface area contributed by atoms with Crippen molar-refractivity contribution in [3.8, 4) is 0 Å². The maximum atomic E-state index is 5.28. The first-order valence-corrected chi connectivity index (χ1v) is 6.51. The molecule has 0 amide bonds. The summed E-state index contributed by atoms with van der Waals surface area (Å²) in [5, 5.41) is 12.7. The van der Waals surface area contributed by atoms with Crippen molar-refractivity contribution in [1.29, 1.82) is 0 Å². The molecule has 0 radical (unpaired) electrons. The molecule has 2 aromatic rings. The maximum Gasteiger partial charge on any atom is 0.139 e. The Morgan fingerprint density at radius 2 is 1.79 bits per heavy atom. The highest BCUT2D eigenvalue weighted by molar-refractivity contribution is 5.35. The van der Waals surface area contributed by atoms with E-state index in [1.807, 2.05) is 44.2 Å². The third kappa shape index (κ3) is 3.08. The molecule has 0 N–H and O–H groups in total. The minimum absolute atomic E-state index is 0.0520. The molecule has 1 aromatic heterocycles. The fourth-order valence-electron chi connectivity index (χ4n) is 2.03. The lowest BCUT2D eigenvalue weighted by Crippen LogP contribution is -1.98. The van der Waals surface area contributed by atoms with E-state index in [-0.39, 0.29) is 6.04 Å². The molecule has 0 saturated carbocycles. The van der Waals surface area contributed by atoms with E-state index in [2.05, 4.69) is 29.2 Å². The van der Waals surface area contributed by atoms with E-state index >= 15 is 0 Å². The highest BCUT2D eigenvalue weighted by Gasteiger charge is 2.20. The SMILES string of the molecule is Cc1onc(C(C)C)c1C(C)N=Nc1ccccc1. The molecule has 100 valence electrons. The van der Waals surface area contributed by atoms with Crippen LogP contribution in [0.3, 0.4) is 0 Å². The molecular weight excluding hydrogens is 238 g/mol. The summed E-state index contributed by atoms with van der Waals surface area (Å²) in [6.07, 6.45) is 0. The molecule has 1 heterocycles. The van der Waals surface area contributed by atoms with Crippen LogP contribution in [-0.4, -0.2) is 5.16 Å². The zero-order chi connectivity index (χ0) is 13.8. The van der Waals surface area contributed by atoms with Gasteiger partial charge in [0.15, 0.2) is 0 Å². The lowest BCUT2D eigenvalue weighted by atomic mass is 10.00. The first kappa shape index (κ1) is 13.5. The Morgan fingerprint density at radius 1 is 1.11 bits per heavy atom. The number of rotatable bonds is 4. The molecule has 0 saturated heterocycles. The molecule has 0 bridgehead atoms. The van der Waals surface area contributed by atoms with Gasteiger partial charge in [0.25, 0.3) is 0 Å². The molecule has 2 rings (SSSR count). The van der Waals surface area contributed by atoms with E-state index in [1.54, 1.807) is 0 Å². The molecule has 0 spiro atoms. The molecule has 4 heteroatoms. The van der Waals surface area contributed by atoms with Crippen LogP contribution in [0.1, 0.15) is 49.7 Å². The van der Waals surface area contributed by atoms with Crippen molar-refractivity contribution in [2.24, 2.45) is 10.2 Å². The van der Waals surface area contributed by atoms with Crippen molar-refractivity contribution in [3.63, 3.8) is 0 Å². The first-order chi connectivity index (χ1) is 9.09. The Kier molecular flexibility index (Phi) is 4.10. The first-order valence-electron chi connectivity index (χ1n) is 6.51. The Morgan fingerprint density at radius 3 is 2.42 bits per heavy atom. The van der Waals surface area contributed by atoms with Crippen molar-refractivity contribution in [3.05, 3.63) is 47.3 Å². The molecule has 0 fully saturated rings. The molecule has 1 unspecified atom stereocenters. The number of hydrogen-bond donors (Lipinski definition) is 0. The Hall–Kier alpha value is -1.97. The van der Waals surface area contributed by atoms with Gasteiger partial charge in [0.2, 0.25) is 0 Å². The Bertz CT molecular complexity index is 558. The average molecular weight is 257 g/mol. The van der Waals surface area contributed by atoms with E-state index in [4.69, 9.17) is 4.52 Å². The molecule has 4 nitrogen and oxygen atoms in total. The van der Waals surface area contributed by atoms with Gasteiger partial charge < -0.3 is 4.52 Å². The normalized spacial score (nSPS) is 13.3. The summed E-state index contributed by atoms with van der Waals surface area (Å²) in [6.45, 7) is 8.13. The number of aryl methyl sites for hydroxylation is 1. The van der Waals surface area contributed by atoms with Gasteiger partial charge >= 0.3 is 0 Å². The van der Waals surface area contributed by atoms with E-state index in [1.165, 1.54) is 0 Å². The zero-order valence-corrected chi connectivity index (χ0v) is 11.8. The molecule has 19 heavy (non-hydrogen) atoms. The highest BCUT2D eigenvalue weighted by atomic mass is 16.5. The van der Waals surface area contributed by atoms with Gasteiger partial charge in [0.1, 0.15) is 5.76 Å². The summed E-state index contributed by atoms with van der Waals surface area (Å²) in [5.41, 5.74) is 2.88. The van der Waals surface area contributed by atoms with Gasteiger partial charge in [0.05, 0.1) is 17.4 Å². The van der Waals surface area contributed by atoms with Crippen molar-refractivity contribution >= 4 is 5.69 Å². The number of azo groups is 1. The van der Waals surface area contributed by atoms with Crippen LogP contribution in [0.2, 0.25) is 0 Å². The van der Waals surface area contributed by atoms with Gasteiger partial charge in [-0.15, -0.1) is 0 Å². The topological polar surface area (TPSA) is 50.8 Å². The monoisotopic (exact) mass is 257 g/mol. The summed E-state index contributed by atoms with van der Waals surface area (Å²) >= 11 is 0. The second kappa shape index (κ2) is 5.78. The predicted octanol–water partition coefficient (Wildman–Crippen LogP) is 4.95. The zero-order valence-electron chi connectivity index (χ0n) is 11.8. The lowest BCUT2D eigenvalue weighted by molar-refractivity contribution is 0.386. The van der Waals surface area contributed by atoms with Gasteiger partial charge in [0, 0.05) is 5.56 Å². The summed E-state index contributed by atoms with van der Waals surface area (Å²) in [4.78, 5) is 0. The number of aromatic nitrogens is 1. The van der Waals surface area contributed by atoms with Crippen LogP contribution in [0.4, 0.5) is 5.69 Å². The van der Waals surface area contributed by atoms with Crippen LogP contribution >= 0.6 is 0 Å². The predicted molar refractivity (Wildman–Crippen MR) is 74.7 cm³/mol. The Labute approximate surface area is 113 Å². The molecule has 0 aliphatic heterocycles. The quantitative estimate of drug-likeness (QED) is 0.727. The summed E-state index contributed by atoms with van der Waals surface area (Å²) in [7, 11) is 0. The minimum Gasteiger partial charge on any atom is -0.361 e. The van der Waals surface area contributed by atoms with Crippen molar-refractivity contribution < 1.29 is 4.52 Å². The molecule has 1 atom stereocenters. The largest absolute Gasteiger partial charge is 0.361 e. The van der Waals surface area contributed by atoms with E-state index in [9.17, 15) is 0 Å². The lowest BCUT2D eigenvalue weighted by Gasteiger charge is -2.08. The highest BCUT2D eigenvalue weighted by Crippen LogP contribution is 2.30. The van der Waals surface area contributed by atoms with Crippen LogP contribution in [-0.2, 0) is 0 Å². The molecule has 1 aromatic carbocycles. The minimum atomic E-state index is -0.0520. The van der Waals surface area contributed by atoms with Gasteiger partial charge in [-0.25, -0.2) is 0 Å². The smallest absolute Gasteiger partial charge is 0.139 e. The van der Waals surface area contributed by atoms with Gasteiger partial charge in [-0.2, -0.15) is 10.2 Å². The molecular formula is C15H19N3O. The molecule has 0 aliphatic rings. The summed E-state index contributed by atoms with van der Waals surface area (Å²) in [5.74, 6) is 1.14. The third-order valence-corrected chi connectivity index (χ3v) is 3.00. The Balaban J connectivity index is 2.23. The van der Waals surface area contributed by atoms with E-state index < -0.39 is 0 Å². The number of nitrogens with zero attached hydrogens (tertiary/aromatic N) is 3. The number of benzene rings is 1. The fraction of sp³-hybridized carbons (Fsp3) is 0.400. The summed E-state index contributed by atoms with van der Waals surface area (Å²) < 4.78 is 5.28.